The van der Waals surface area contributed by atoms with Gasteiger partial charge in [0.15, 0.2) is 0 Å². The molecule has 2 fully saturated rings. The predicted molar refractivity (Wildman–Crippen MR) is 113 cm³/mol. The molecular weight excluding hydrogens is 368 g/mol. The highest BCUT2D eigenvalue weighted by Crippen LogP contribution is 2.20. The Morgan fingerprint density at radius 3 is 2.38 bits per heavy atom. The second-order valence-electron chi connectivity index (χ2n) is 7.82. The molecule has 3 aliphatic rings. The fourth-order valence-corrected chi connectivity index (χ4v) is 4.28. The highest BCUT2D eigenvalue weighted by Gasteiger charge is 2.52. The average Bonchev–Trinajstić information content (AvgIpc) is 3.10. The van der Waals surface area contributed by atoms with E-state index in [1.807, 2.05) is 6.07 Å². The van der Waals surface area contributed by atoms with Crippen molar-refractivity contribution in [2.75, 3.05) is 58.3 Å². The molecule has 3 aliphatic heterocycles. The summed E-state index contributed by atoms with van der Waals surface area (Å²) in [4.78, 5) is 37.4. The molecule has 0 aliphatic carbocycles. The molecule has 0 spiro atoms. The summed E-state index contributed by atoms with van der Waals surface area (Å²) in [7, 11) is 3.24. The Labute approximate surface area is 171 Å². The molecule has 0 aromatic heterocycles. The highest BCUT2D eigenvalue weighted by atomic mass is 16.2. The standard InChI is InChI=1S/C21H29N6O2/c1-4-10-27-17(22-19-18(27)20(28)24(3)21(29)23(19)2)15-25-11-13-26(14-12-25)16-8-6-5-7-9-16/h5-9,18H,4,10-15H2,1-3H3/q+1. The minimum atomic E-state index is -0.483. The number of hydrogen-bond donors (Lipinski definition) is 0. The number of hydrogen-bond acceptors (Lipinski definition) is 5. The molecule has 8 nitrogen and oxygen atoms in total. The van der Waals surface area contributed by atoms with E-state index in [4.69, 9.17) is 4.99 Å². The quantitative estimate of drug-likeness (QED) is 0.694. The van der Waals surface area contributed by atoms with Crippen molar-refractivity contribution in [2.24, 2.45) is 4.99 Å². The molecule has 0 N–H and O–H groups in total. The number of urea groups is 1. The van der Waals surface area contributed by atoms with Crippen molar-refractivity contribution < 1.29 is 14.2 Å². The SMILES string of the molecule is CCC[N+]1=C(CN2CCN(c3ccccc3)CC2)N=C2C1C(=O)N(C)C(=O)N2C. The molecule has 0 saturated carbocycles. The molecule has 8 heteroatoms. The van der Waals surface area contributed by atoms with Gasteiger partial charge in [0.1, 0.15) is 6.54 Å². The Kier molecular flexibility index (Phi) is 5.36. The van der Waals surface area contributed by atoms with Crippen LogP contribution < -0.4 is 4.90 Å². The van der Waals surface area contributed by atoms with Crippen LogP contribution in [0.3, 0.4) is 0 Å². The summed E-state index contributed by atoms with van der Waals surface area (Å²) in [5.41, 5.74) is 1.26. The topological polar surface area (TPSA) is 62.5 Å². The minimum absolute atomic E-state index is 0.191. The van der Waals surface area contributed by atoms with Gasteiger partial charge in [0, 0.05) is 46.0 Å². The van der Waals surface area contributed by atoms with Gasteiger partial charge in [-0.15, -0.1) is 0 Å². The van der Waals surface area contributed by atoms with Crippen LogP contribution in [0.4, 0.5) is 10.5 Å². The first kappa shape index (κ1) is 19.6. The zero-order valence-electron chi connectivity index (χ0n) is 17.4. The van der Waals surface area contributed by atoms with Crippen molar-refractivity contribution in [2.45, 2.75) is 19.4 Å². The lowest BCUT2D eigenvalue weighted by Crippen LogP contribution is -2.61. The number of benzene rings is 1. The number of amides is 3. The highest BCUT2D eigenvalue weighted by molar-refractivity contribution is 6.23. The van der Waals surface area contributed by atoms with Crippen LogP contribution in [-0.4, -0.2) is 102 Å². The molecule has 4 rings (SSSR count). The maximum absolute atomic E-state index is 12.8. The molecule has 0 bridgehead atoms. The van der Waals surface area contributed by atoms with Crippen molar-refractivity contribution in [3.05, 3.63) is 30.3 Å². The molecule has 1 atom stereocenters. The van der Waals surface area contributed by atoms with Crippen molar-refractivity contribution in [1.82, 2.24) is 14.7 Å². The zero-order valence-corrected chi connectivity index (χ0v) is 17.4. The van der Waals surface area contributed by atoms with E-state index in [1.165, 1.54) is 15.5 Å². The minimum Gasteiger partial charge on any atom is -0.369 e. The number of imide groups is 1. The number of anilines is 1. The Bertz CT molecular complexity index is 857. The van der Waals surface area contributed by atoms with Crippen molar-refractivity contribution >= 4 is 29.3 Å². The van der Waals surface area contributed by atoms with Gasteiger partial charge in [-0.1, -0.05) is 25.1 Å². The lowest BCUT2D eigenvalue weighted by Gasteiger charge is -2.35. The fraction of sp³-hybridized carbons (Fsp3) is 0.524. The third-order valence-corrected chi connectivity index (χ3v) is 5.94. The lowest BCUT2D eigenvalue weighted by atomic mass is 10.1. The van der Waals surface area contributed by atoms with E-state index in [-0.39, 0.29) is 11.9 Å². The second kappa shape index (κ2) is 7.94. The van der Waals surface area contributed by atoms with Crippen LogP contribution in [0.2, 0.25) is 0 Å². The third kappa shape index (κ3) is 3.53. The van der Waals surface area contributed by atoms with Gasteiger partial charge in [0.25, 0.3) is 17.8 Å². The van der Waals surface area contributed by atoms with E-state index in [9.17, 15) is 9.59 Å². The summed E-state index contributed by atoms with van der Waals surface area (Å²) in [6.07, 6.45) is 0.916. The molecule has 1 aromatic carbocycles. The predicted octanol–water partition coefficient (Wildman–Crippen LogP) is 0.934. The summed E-state index contributed by atoms with van der Waals surface area (Å²) < 4.78 is 2.08. The summed E-state index contributed by atoms with van der Waals surface area (Å²) in [5.74, 6) is 1.26. The molecule has 29 heavy (non-hydrogen) atoms. The molecule has 154 valence electrons. The molecule has 3 heterocycles. The van der Waals surface area contributed by atoms with Crippen LogP contribution in [0.1, 0.15) is 13.3 Å². The lowest BCUT2D eigenvalue weighted by molar-refractivity contribution is -0.536. The Morgan fingerprint density at radius 2 is 1.72 bits per heavy atom. The molecule has 0 radical (unpaired) electrons. The smallest absolute Gasteiger partial charge is 0.333 e. The monoisotopic (exact) mass is 397 g/mol. The fourth-order valence-electron chi connectivity index (χ4n) is 4.28. The first-order chi connectivity index (χ1) is 14.0. The van der Waals surface area contributed by atoms with E-state index in [2.05, 4.69) is 45.6 Å². The summed E-state index contributed by atoms with van der Waals surface area (Å²) >= 11 is 0. The van der Waals surface area contributed by atoms with Gasteiger partial charge in [-0.25, -0.2) is 9.37 Å². The van der Waals surface area contributed by atoms with E-state index < -0.39 is 6.04 Å². The summed E-state index contributed by atoms with van der Waals surface area (Å²) in [6, 6.07) is 9.68. The van der Waals surface area contributed by atoms with Crippen molar-refractivity contribution in [1.29, 1.82) is 0 Å². The summed E-state index contributed by atoms with van der Waals surface area (Å²) in [6.45, 7) is 7.35. The summed E-state index contributed by atoms with van der Waals surface area (Å²) in [5, 5.41) is 0. The average molecular weight is 398 g/mol. The molecule has 2 saturated heterocycles. The van der Waals surface area contributed by atoms with Gasteiger partial charge >= 0.3 is 11.9 Å². The van der Waals surface area contributed by atoms with Crippen LogP contribution in [0.15, 0.2) is 35.3 Å². The number of fused-ring (bicyclic) bond motifs is 1. The second-order valence-corrected chi connectivity index (χ2v) is 7.82. The van der Waals surface area contributed by atoms with Crippen molar-refractivity contribution in [3.63, 3.8) is 0 Å². The van der Waals surface area contributed by atoms with Crippen LogP contribution >= 0.6 is 0 Å². The first-order valence-electron chi connectivity index (χ1n) is 10.3. The maximum atomic E-state index is 12.8. The third-order valence-electron chi connectivity index (χ3n) is 5.94. The largest absolute Gasteiger partial charge is 0.369 e. The van der Waals surface area contributed by atoms with Crippen LogP contribution in [0.5, 0.6) is 0 Å². The number of para-hydroxylation sites is 1. The van der Waals surface area contributed by atoms with Gasteiger partial charge in [-0.3, -0.25) is 19.5 Å². The molecular formula is C21H29N6O2+. The Balaban J connectivity index is 1.50. The van der Waals surface area contributed by atoms with Gasteiger partial charge in [0.05, 0.1) is 6.54 Å². The molecule has 3 amide bonds. The molecule has 1 unspecified atom stereocenters. The van der Waals surface area contributed by atoms with Crippen LogP contribution in [0, 0.1) is 0 Å². The number of carbonyl (C=O) groups excluding carboxylic acids is 2. The number of nitrogens with zero attached hydrogens (tertiary/aromatic N) is 6. The zero-order chi connectivity index (χ0) is 20.5. The number of aliphatic imine (C=N–C) groups is 1. The number of rotatable bonds is 5. The van der Waals surface area contributed by atoms with Crippen LogP contribution in [-0.2, 0) is 4.79 Å². The Hall–Kier alpha value is -2.74. The maximum Gasteiger partial charge on any atom is 0.333 e. The normalized spacial score (nSPS) is 23.1. The number of likely N-dealkylation sites (N-methyl/N-ethyl adjacent to an activating group) is 2. The van der Waals surface area contributed by atoms with E-state index in [1.54, 1.807) is 14.1 Å². The number of piperazine rings is 1. The van der Waals surface area contributed by atoms with Gasteiger partial charge in [0.2, 0.25) is 0 Å². The van der Waals surface area contributed by atoms with E-state index >= 15 is 0 Å². The van der Waals surface area contributed by atoms with Gasteiger partial charge in [-0.05, 0) is 23.5 Å². The number of amidine groups is 2. The van der Waals surface area contributed by atoms with Crippen molar-refractivity contribution in [3.8, 4) is 0 Å². The van der Waals surface area contributed by atoms with Gasteiger partial charge < -0.3 is 4.90 Å². The Morgan fingerprint density at radius 1 is 1.03 bits per heavy atom. The van der Waals surface area contributed by atoms with Crippen LogP contribution in [0.25, 0.3) is 0 Å². The van der Waals surface area contributed by atoms with E-state index in [0.29, 0.717) is 12.4 Å². The number of carbonyl (C=O) groups is 2. The van der Waals surface area contributed by atoms with E-state index in [0.717, 1.165) is 45.0 Å². The first-order valence-corrected chi connectivity index (χ1v) is 10.3. The molecule has 1 aromatic rings. The van der Waals surface area contributed by atoms with Gasteiger partial charge in [-0.2, -0.15) is 0 Å².